The van der Waals surface area contributed by atoms with Crippen molar-refractivity contribution in [1.82, 2.24) is 4.48 Å². The lowest BCUT2D eigenvalue weighted by Crippen LogP contribution is -2.59. The molecular weight excluding hydrogens is 192 g/mol. The summed E-state index contributed by atoms with van der Waals surface area (Å²) in [6.07, 6.45) is 0.721. The summed E-state index contributed by atoms with van der Waals surface area (Å²) in [4.78, 5) is 23.1. The molecule has 78 valence electrons. The van der Waals surface area contributed by atoms with E-state index in [1.807, 2.05) is 18.2 Å². The third-order valence-corrected chi connectivity index (χ3v) is 3.03. The first-order chi connectivity index (χ1) is 7.09. The molecule has 1 aliphatic heterocycles. The molecule has 0 fully saturated rings. The molecule has 15 heavy (non-hydrogen) atoms. The van der Waals surface area contributed by atoms with Gasteiger partial charge in [-0.05, 0) is 0 Å². The van der Waals surface area contributed by atoms with Crippen molar-refractivity contribution >= 4 is 17.6 Å². The molecule has 1 aromatic rings. The molecule has 2 rings (SSSR count). The number of benzene rings is 1. The SMILES string of the molecule is CC(=O)[N+]1(C(N)=O)CCc2ccccc21. The Hall–Kier alpha value is -1.68. The molecule has 0 saturated heterocycles. The zero-order valence-corrected chi connectivity index (χ0v) is 8.56. The average Bonchev–Trinajstić information content (AvgIpc) is 2.57. The topological polar surface area (TPSA) is 60.2 Å². The van der Waals surface area contributed by atoms with Crippen LogP contribution in [0.4, 0.5) is 10.5 Å². The molecule has 2 N–H and O–H groups in total. The fourth-order valence-corrected chi connectivity index (χ4v) is 2.21. The molecule has 3 amide bonds. The van der Waals surface area contributed by atoms with Crippen LogP contribution < -0.4 is 10.2 Å². The first kappa shape index (κ1) is 9.86. The zero-order chi connectivity index (χ0) is 11.1. The first-order valence-corrected chi connectivity index (χ1v) is 4.86. The highest BCUT2D eigenvalue weighted by Gasteiger charge is 2.48. The number of urea groups is 1. The van der Waals surface area contributed by atoms with E-state index in [4.69, 9.17) is 5.73 Å². The molecule has 0 spiro atoms. The minimum atomic E-state index is -0.590. The number of rotatable bonds is 0. The molecule has 1 heterocycles. The van der Waals surface area contributed by atoms with Crippen LogP contribution in [0.2, 0.25) is 0 Å². The quantitative estimate of drug-likeness (QED) is 0.646. The molecule has 1 aromatic carbocycles. The zero-order valence-electron chi connectivity index (χ0n) is 8.56. The number of imide groups is 1. The summed E-state index contributed by atoms with van der Waals surface area (Å²) in [5.41, 5.74) is 7.13. The molecule has 4 heteroatoms. The van der Waals surface area contributed by atoms with Crippen molar-refractivity contribution in [2.45, 2.75) is 13.3 Å². The maximum Gasteiger partial charge on any atom is 0.426 e. The van der Waals surface area contributed by atoms with Gasteiger partial charge in [0.25, 0.3) is 0 Å². The van der Waals surface area contributed by atoms with Crippen molar-refractivity contribution in [2.75, 3.05) is 6.54 Å². The lowest BCUT2D eigenvalue weighted by molar-refractivity contribution is -0.125. The number of hydrogen-bond donors (Lipinski definition) is 1. The largest absolute Gasteiger partial charge is 0.426 e. The first-order valence-electron chi connectivity index (χ1n) is 4.86. The molecule has 1 unspecified atom stereocenters. The van der Waals surface area contributed by atoms with E-state index in [0.717, 1.165) is 17.7 Å². The van der Waals surface area contributed by atoms with Crippen molar-refractivity contribution in [2.24, 2.45) is 5.73 Å². The van der Waals surface area contributed by atoms with Crippen molar-refractivity contribution in [3.05, 3.63) is 29.8 Å². The minimum Gasteiger partial charge on any atom is -0.318 e. The highest BCUT2D eigenvalue weighted by Crippen LogP contribution is 2.34. The summed E-state index contributed by atoms with van der Waals surface area (Å²) in [5, 5.41) is 0. The van der Waals surface area contributed by atoms with Crippen LogP contribution >= 0.6 is 0 Å². The number of amides is 3. The standard InChI is InChI=1S/C11H12N2O2/c1-8(14)13(11(12)15)7-6-9-4-2-3-5-10(9)13/h2-5H,6-7H2,1H3,(H-,12,15)/p+1. The van der Waals surface area contributed by atoms with E-state index in [0.29, 0.717) is 6.54 Å². The van der Waals surface area contributed by atoms with Gasteiger partial charge in [-0.3, -0.25) is 0 Å². The van der Waals surface area contributed by atoms with Gasteiger partial charge in [0.1, 0.15) is 6.54 Å². The lowest BCUT2D eigenvalue weighted by atomic mass is 10.2. The van der Waals surface area contributed by atoms with Crippen molar-refractivity contribution in [3.63, 3.8) is 0 Å². The summed E-state index contributed by atoms with van der Waals surface area (Å²) < 4.78 is -0.337. The van der Waals surface area contributed by atoms with E-state index >= 15 is 0 Å². The molecule has 1 aliphatic rings. The van der Waals surface area contributed by atoms with Crippen molar-refractivity contribution in [3.8, 4) is 0 Å². The van der Waals surface area contributed by atoms with Gasteiger partial charge in [-0.1, -0.05) is 18.2 Å². The molecule has 0 saturated carbocycles. The second kappa shape index (κ2) is 3.17. The number of hydrogen-bond acceptors (Lipinski definition) is 2. The Labute approximate surface area is 87.9 Å². The number of nitrogens with zero attached hydrogens (tertiary/aromatic N) is 1. The number of carbonyl (C=O) groups is 2. The minimum absolute atomic E-state index is 0.215. The molecule has 4 nitrogen and oxygen atoms in total. The second-order valence-electron chi connectivity index (χ2n) is 3.77. The molecule has 0 aromatic heterocycles. The van der Waals surface area contributed by atoms with Crippen LogP contribution in [0.3, 0.4) is 0 Å². The number of carbonyl (C=O) groups excluding carboxylic acids is 2. The number of para-hydroxylation sites is 1. The van der Waals surface area contributed by atoms with Crippen LogP contribution in [0.5, 0.6) is 0 Å². The van der Waals surface area contributed by atoms with Crippen LogP contribution in [0.25, 0.3) is 0 Å². The predicted molar refractivity (Wildman–Crippen MR) is 57.1 cm³/mol. The van der Waals surface area contributed by atoms with Crippen LogP contribution in [-0.2, 0) is 11.2 Å². The monoisotopic (exact) mass is 205 g/mol. The van der Waals surface area contributed by atoms with Gasteiger partial charge >= 0.3 is 11.9 Å². The molecule has 1 atom stereocenters. The number of primary amides is 1. The van der Waals surface area contributed by atoms with Crippen molar-refractivity contribution < 1.29 is 9.59 Å². The Bertz CT molecular complexity index is 426. The normalized spacial score (nSPS) is 23.5. The third-order valence-electron chi connectivity index (χ3n) is 3.03. The van der Waals surface area contributed by atoms with E-state index in [1.165, 1.54) is 6.92 Å². The fourth-order valence-electron chi connectivity index (χ4n) is 2.21. The molecule has 0 bridgehead atoms. The van der Waals surface area contributed by atoms with Gasteiger partial charge < -0.3 is 5.73 Å². The average molecular weight is 205 g/mol. The van der Waals surface area contributed by atoms with Gasteiger partial charge in [-0.2, -0.15) is 0 Å². The number of nitrogens with two attached hydrogens (primary N) is 1. The maximum absolute atomic E-state index is 11.6. The van der Waals surface area contributed by atoms with Gasteiger partial charge in [0.05, 0.1) is 6.92 Å². The molecule has 0 radical (unpaired) electrons. The van der Waals surface area contributed by atoms with Gasteiger partial charge in [0.15, 0.2) is 5.69 Å². The van der Waals surface area contributed by atoms with E-state index in [1.54, 1.807) is 6.07 Å². The Morgan fingerprint density at radius 3 is 2.60 bits per heavy atom. The summed E-state index contributed by atoms with van der Waals surface area (Å²) in [6.45, 7) is 1.86. The van der Waals surface area contributed by atoms with Gasteiger partial charge in [-0.15, -0.1) is 4.48 Å². The molecular formula is C11H13N2O2+. The van der Waals surface area contributed by atoms with Crippen LogP contribution in [0, 0.1) is 0 Å². The van der Waals surface area contributed by atoms with E-state index in [-0.39, 0.29) is 10.4 Å². The van der Waals surface area contributed by atoms with Gasteiger partial charge in [-0.25, -0.2) is 9.59 Å². The predicted octanol–water partition coefficient (Wildman–Crippen LogP) is 1.18. The smallest absolute Gasteiger partial charge is 0.318 e. The Morgan fingerprint density at radius 2 is 2.00 bits per heavy atom. The van der Waals surface area contributed by atoms with E-state index in [2.05, 4.69) is 0 Å². The summed E-state index contributed by atoms with van der Waals surface area (Å²) in [5.74, 6) is -0.215. The van der Waals surface area contributed by atoms with Crippen LogP contribution in [0.15, 0.2) is 24.3 Å². The Kier molecular flexibility index (Phi) is 2.08. The number of quaternary nitrogens is 1. The van der Waals surface area contributed by atoms with Crippen LogP contribution in [-0.4, -0.2) is 18.5 Å². The highest BCUT2D eigenvalue weighted by atomic mass is 16.2. The lowest BCUT2D eigenvalue weighted by Gasteiger charge is -2.24. The summed E-state index contributed by atoms with van der Waals surface area (Å²) >= 11 is 0. The van der Waals surface area contributed by atoms with Gasteiger partial charge in [0.2, 0.25) is 0 Å². The van der Waals surface area contributed by atoms with E-state index in [9.17, 15) is 9.59 Å². The van der Waals surface area contributed by atoms with E-state index < -0.39 is 6.03 Å². The summed E-state index contributed by atoms with van der Waals surface area (Å²) in [6, 6.07) is 6.87. The second-order valence-corrected chi connectivity index (χ2v) is 3.77. The highest BCUT2D eigenvalue weighted by molar-refractivity contribution is 6.08. The maximum atomic E-state index is 11.6. The van der Waals surface area contributed by atoms with Crippen LogP contribution in [0.1, 0.15) is 12.5 Å². The number of fused-ring (bicyclic) bond motifs is 1. The third kappa shape index (κ3) is 1.18. The van der Waals surface area contributed by atoms with Gasteiger partial charge in [0, 0.05) is 18.1 Å². The Morgan fingerprint density at radius 1 is 1.33 bits per heavy atom. The van der Waals surface area contributed by atoms with Crippen molar-refractivity contribution in [1.29, 1.82) is 0 Å². The summed E-state index contributed by atoms with van der Waals surface area (Å²) in [7, 11) is 0. The molecule has 0 aliphatic carbocycles. The Balaban J connectivity index is 2.64. The fraction of sp³-hybridized carbons (Fsp3) is 0.273.